The van der Waals surface area contributed by atoms with Crippen LogP contribution in [0.4, 0.5) is 20.2 Å². The Morgan fingerprint density at radius 3 is 2.88 bits per heavy atom. The topological polar surface area (TPSA) is 55.1 Å². The molecule has 1 aromatic rings. The van der Waals surface area contributed by atoms with E-state index in [1.807, 2.05) is 0 Å². The van der Waals surface area contributed by atoms with Gasteiger partial charge in [0.25, 0.3) is 0 Å². The average molecular weight is 256 g/mol. The Hall–Kier alpha value is -1.56. The van der Waals surface area contributed by atoms with E-state index in [4.69, 9.17) is 5.73 Å². The summed E-state index contributed by atoms with van der Waals surface area (Å²) in [6, 6.07) is 5.17. The number of nitrogens with one attached hydrogen (secondary N) is 1. The Labute approximate surface area is 101 Å². The van der Waals surface area contributed by atoms with Gasteiger partial charge in [-0.05, 0) is 18.2 Å². The van der Waals surface area contributed by atoms with E-state index >= 15 is 0 Å². The molecule has 1 heterocycles. The van der Waals surface area contributed by atoms with Crippen LogP contribution >= 0.6 is 11.8 Å². The largest absolute Gasteiger partial charge is 0.399 e. The van der Waals surface area contributed by atoms with E-state index in [0.717, 1.165) is 16.7 Å². The SMILES string of the molecule is CC(F)(F)C(=O)/C=C1\Nc2ccc(N)cc2S1. The number of fused-ring (bicyclic) bond motifs is 1. The van der Waals surface area contributed by atoms with Gasteiger partial charge in [-0.3, -0.25) is 4.79 Å². The molecule has 0 saturated carbocycles. The van der Waals surface area contributed by atoms with Crippen molar-refractivity contribution in [1.29, 1.82) is 0 Å². The first-order valence-electron chi connectivity index (χ1n) is 4.84. The fourth-order valence-corrected chi connectivity index (χ4v) is 2.30. The summed E-state index contributed by atoms with van der Waals surface area (Å²) in [4.78, 5) is 12.0. The lowest BCUT2D eigenvalue weighted by Crippen LogP contribution is -2.22. The summed E-state index contributed by atoms with van der Waals surface area (Å²) in [5.74, 6) is -4.56. The molecular formula is C11H10F2N2OS. The number of carbonyl (C=O) groups excluding carboxylic acids is 1. The Bertz CT molecular complexity index is 509. The van der Waals surface area contributed by atoms with Crippen molar-refractivity contribution in [3.63, 3.8) is 0 Å². The lowest BCUT2D eigenvalue weighted by atomic mass is 10.2. The van der Waals surface area contributed by atoms with E-state index in [1.165, 1.54) is 11.8 Å². The zero-order valence-corrected chi connectivity index (χ0v) is 9.78. The second-order valence-electron chi connectivity index (χ2n) is 3.74. The van der Waals surface area contributed by atoms with Crippen LogP contribution in [-0.2, 0) is 4.79 Å². The van der Waals surface area contributed by atoms with Crippen molar-refractivity contribution >= 4 is 28.9 Å². The first kappa shape index (κ1) is 11.9. The molecule has 0 aromatic heterocycles. The summed E-state index contributed by atoms with van der Waals surface area (Å²) < 4.78 is 25.4. The Morgan fingerprint density at radius 2 is 2.24 bits per heavy atom. The average Bonchev–Trinajstić information content (AvgIpc) is 2.57. The molecule has 1 aliphatic heterocycles. The van der Waals surface area contributed by atoms with Gasteiger partial charge in [-0.25, -0.2) is 0 Å². The maximum Gasteiger partial charge on any atom is 0.306 e. The summed E-state index contributed by atoms with van der Waals surface area (Å²) in [6.45, 7) is 0.580. The highest BCUT2D eigenvalue weighted by molar-refractivity contribution is 8.03. The quantitative estimate of drug-likeness (QED) is 0.631. The van der Waals surface area contributed by atoms with Crippen LogP contribution in [0.2, 0.25) is 0 Å². The van der Waals surface area contributed by atoms with Crippen molar-refractivity contribution in [1.82, 2.24) is 0 Å². The summed E-state index contributed by atoms with van der Waals surface area (Å²) in [5, 5.41) is 3.27. The van der Waals surface area contributed by atoms with Crippen LogP contribution in [0, 0.1) is 0 Å². The number of nitrogen functional groups attached to an aromatic ring is 1. The molecule has 0 bridgehead atoms. The minimum absolute atomic E-state index is 0.386. The van der Waals surface area contributed by atoms with E-state index in [0.29, 0.717) is 17.6 Å². The Morgan fingerprint density at radius 1 is 1.53 bits per heavy atom. The standard InChI is InChI=1S/C11H10F2N2OS/c1-11(12,13)9(16)5-10-15-7-3-2-6(14)4-8(7)17-10/h2-5,15H,14H2,1H3/b10-5+. The van der Waals surface area contributed by atoms with Crippen molar-refractivity contribution < 1.29 is 13.6 Å². The van der Waals surface area contributed by atoms with Gasteiger partial charge in [0.2, 0.25) is 5.78 Å². The lowest BCUT2D eigenvalue weighted by Gasteiger charge is -2.05. The number of nitrogens with two attached hydrogens (primary N) is 1. The van der Waals surface area contributed by atoms with Gasteiger partial charge in [0.15, 0.2) is 0 Å². The molecule has 3 nitrogen and oxygen atoms in total. The van der Waals surface area contributed by atoms with Gasteiger partial charge in [0.05, 0.1) is 10.7 Å². The number of ketones is 1. The third-order valence-corrected chi connectivity index (χ3v) is 3.18. The van der Waals surface area contributed by atoms with Crippen LogP contribution in [0.15, 0.2) is 34.2 Å². The summed E-state index contributed by atoms with van der Waals surface area (Å²) in [5.41, 5.74) is 6.95. The molecule has 1 aliphatic rings. The fraction of sp³-hybridized carbons (Fsp3) is 0.182. The molecule has 90 valence electrons. The molecule has 17 heavy (non-hydrogen) atoms. The maximum absolute atomic E-state index is 12.7. The highest BCUT2D eigenvalue weighted by Crippen LogP contribution is 2.41. The smallest absolute Gasteiger partial charge is 0.306 e. The number of anilines is 2. The molecule has 0 saturated heterocycles. The third-order valence-electron chi connectivity index (χ3n) is 2.18. The number of hydrogen-bond acceptors (Lipinski definition) is 4. The van der Waals surface area contributed by atoms with E-state index in [9.17, 15) is 13.6 Å². The van der Waals surface area contributed by atoms with Crippen molar-refractivity contribution in [3.05, 3.63) is 29.3 Å². The number of halogens is 2. The maximum atomic E-state index is 12.7. The van der Waals surface area contributed by atoms with Crippen molar-refractivity contribution in [2.75, 3.05) is 11.1 Å². The Kier molecular flexibility index (Phi) is 2.82. The number of rotatable bonds is 2. The van der Waals surface area contributed by atoms with Crippen LogP contribution in [0.5, 0.6) is 0 Å². The van der Waals surface area contributed by atoms with E-state index in [1.54, 1.807) is 18.2 Å². The molecule has 0 radical (unpaired) electrons. The Balaban J connectivity index is 2.21. The molecule has 0 spiro atoms. The lowest BCUT2D eigenvalue weighted by molar-refractivity contribution is -0.135. The third kappa shape index (κ3) is 2.58. The zero-order valence-electron chi connectivity index (χ0n) is 8.96. The minimum Gasteiger partial charge on any atom is -0.399 e. The first-order valence-corrected chi connectivity index (χ1v) is 5.66. The predicted octanol–water partition coefficient (Wildman–Crippen LogP) is 2.85. The first-order chi connectivity index (χ1) is 7.86. The predicted molar refractivity (Wildman–Crippen MR) is 64.0 cm³/mol. The zero-order chi connectivity index (χ0) is 12.6. The number of thioether (sulfide) groups is 1. The fourth-order valence-electron chi connectivity index (χ4n) is 1.31. The molecular weight excluding hydrogens is 246 g/mol. The number of alkyl halides is 2. The second kappa shape index (κ2) is 4.03. The summed E-state index contributed by atoms with van der Waals surface area (Å²) in [6.07, 6.45) is 0.918. The van der Waals surface area contributed by atoms with E-state index in [-0.39, 0.29) is 0 Å². The highest BCUT2D eigenvalue weighted by atomic mass is 32.2. The van der Waals surface area contributed by atoms with E-state index < -0.39 is 11.7 Å². The molecule has 3 N–H and O–H groups in total. The molecule has 2 rings (SSSR count). The summed E-state index contributed by atoms with van der Waals surface area (Å²) in [7, 11) is 0. The van der Waals surface area contributed by atoms with Crippen LogP contribution in [0.3, 0.4) is 0 Å². The highest BCUT2D eigenvalue weighted by Gasteiger charge is 2.31. The normalized spacial score (nSPS) is 16.8. The van der Waals surface area contributed by atoms with Gasteiger partial charge in [-0.1, -0.05) is 11.8 Å². The van der Waals surface area contributed by atoms with Gasteiger partial charge in [0.1, 0.15) is 0 Å². The number of carbonyl (C=O) groups is 1. The molecule has 0 atom stereocenters. The van der Waals surface area contributed by atoms with Gasteiger partial charge in [0, 0.05) is 23.6 Å². The monoisotopic (exact) mass is 256 g/mol. The van der Waals surface area contributed by atoms with Crippen molar-refractivity contribution in [3.8, 4) is 0 Å². The van der Waals surface area contributed by atoms with Gasteiger partial charge >= 0.3 is 5.92 Å². The van der Waals surface area contributed by atoms with Gasteiger partial charge in [-0.2, -0.15) is 8.78 Å². The van der Waals surface area contributed by atoms with Gasteiger partial charge in [-0.15, -0.1) is 0 Å². The van der Waals surface area contributed by atoms with Crippen molar-refractivity contribution in [2.45, 2.75) is 17.7 Å². The number of allylic oxidation sites excluding steroid dienone is 1. The number of benzene rings is 1. The molecule has 0 amide bonds. The van der Waals surface area contributed by atoms with Crippen LogP contribution in [0.1, 0.15) is 6.92 Å². The number of hydrogen-bond donors (Lipinski definition) is 2. The summed E-state index contributed by atoms with van der Waals surface area (Å²) >= 11 is 1.21. The second-order valence-corrected chi connectivity index (χ2v) is 4.83. The van der Waals surface area contributed by atoms with Crippen molar-refractivity contribution in [2.24, 2.45) is 0 Å². The molecule has 6 heteroatoms. The molecule has 0 aliphatic carbocycles. The molecule has 0 fully saturated rings. The van der Waals surface area contributed by atoms with Crippen LogP contribution in [-0.4, -0.2) is 11.7 Å². The molecule has 1 aromatic carbocycles. The minimum atomic E-state index is -3.34. The molecule has 0 unspecified atom stereocenters. The van der Waals surface area contributed by atoms with E-state index in [2.05, 4.69) is 5.32 Å². The van der Waals surface area contributed by atoms with Crippen LogP contribution in [0.25, 0.3) is 0 Å². The van der Waals surface area contributed by atoms with Crippen LogP contribution < -0.4 is 11.1 Å². The van der Waals surface area contributed by atoms with Gasteiger partial charge < -0.3 is 11.1 Å².